The van der Waals surface area contributed by atoms with Gasteiger partial charge in [0.2, 0.25) is 0 Å². The van der Waals surface area contributed by atoms with Gasteiger partial charge in [-0.15, -0.1) is 0 Å². The Morgan fingerprint density at radius 1 is 1.42 bits per heavy atom. The van der Waals surface area contributed by atoms with Crippen LogP contribution >= 0.6 is 0 Å². The Labute approximate surface area is 111 Å². The largest absolute Gasteiger partial charge is 0.396 e. The molecule has 0 bridgehead atoms. The summed E-state index contributed by atoms with van der Waals surface area (Å²) in [6, 6.07) is 12.1. The molecule has 0 aliphatic heterocycles. The van der Waals surface area contributed by atoms with E-state index in [4.69, 9.17) is 11.0 Å². The van der Waals surface area contributed by atoms with Crippen molar-refractivity contribution in [2.45, 2.75) is 12.3 Å². The molecule has 1 aromatic heterocycles. The van der Waals surface area contributed by atoms with Crippen LogP contribution < -0.4 is 11.1 Å². The molecule has 3 rings (SSSR count). The third-order valence-electron chi connectivity index (χ3n) is 3.52. The van der Waals surface area contributed by atoms with Gasteiger partial charge in [-0.1, -0.05) is 24.3 Å². The average molecular weight is 250 g/mol. The molecule has 3 N–H and O–H groups in total. The summed E-state index contributed by atoms with van der Waals surface area (Å²) >= 11 is 0. The lowest BCUT2D eigenvalue weighted by atomic mass is 9.77. The van der Waals surface area contributed by atoms with Crippen LogP contribution in [0.15, 0.2) is 36.5 Å². The molecule has 1 heterocycles. The summed E-state index contributed by atoms with van der Waals surface area (Å²) in [5.41, 5.74) is 9.70. The van der Waals surface area contributed by atoms with Gasteiger partial charge in [-0.2, -0.15) is 5.26 Å². The fourth-order valence-electron chi connectivity index (χ4n) is 2.46. The third kappa shape index (κ3) is 2.11. The maximum Gasteiger partial charge on any atom is 0.149 e. The number of benzene rings is 1. The molecule has 2 aromatic rings. The smallest absolute Gasteiger partial charge is 0.149 e. The van der Waals surface area contributed by atoms with Crippen LogP contribution in [0.1, 0.15) is 22.6 Å². The van der Waals surface area contributed by atoms with Crippen molar-refractivity contribution < 1.29 is 0 Å². The number of nitrogen functional groups attached to an aromatic ring is 1. The van der Waals surface area contributed by atoms with Crippen molar-refractivity contribution in [2.24, 2.45) is 0 Å². The van der Waals surface area contributed by atoms with Gasteiger partial charge in [-0.25, -0.2) is 4.98 Å². The predicted octanol–water partition coefficient (Wildman–Crippen LogP) is 2.29. The van der Waals surface area contributed by atoms with Gasteiger partial charge in [0, 0.05) is 18.7 Å². The van der Waals surface area contributed by atoms with E-state index in [0.29, 0.717) is 23.0 Å². The van der Waals surface area contributed by atoms with Crippen molar-refractivity contribution in [1.82, 2.24) is 4.98 Å². The molecule has 0 saturated carbocycles. The summed E-state index contributed by atoms with van der Waals surface area (Å²) in [6.45, 7) is 0.820. The summed E-state index contributed by atoms with van der Waals surface area (Å²) in [6.07, 6.45) is 2.63. The Hall–Kier alpha value is -2.54. The molecule has 94 valence electrons. The minimum Gasteiger partial charge on any atom is -0.396 e. The van der Waals surface area contributed by atoms with E-state index in [-0.39, 0.29) is 0 Å². The molecular formula is C15H14N4. The zero-order valence-electron chi connectivity index (χ0n) is 10.4. The van der Waals surface area contributed by atoms with Gasteiger partial charge in [0.1, 0.15) is 11.9 Å². The van der Waals surface area contributed by atoms with Crippen molar-refractivity contribution in [3.63, 3.8) is 0 Å². The molecule has 0 spiro atoms. The third-order valence-corrected chi connectivity index (χ3v) is 3.52. The SMILES string of the molecule is N#Cc1cnc(NCC2Cc3ccccc32)c(N)c1. The fourth-order valence-corrected chi connectivity index (χ4v) is 2.46. The van der Waals surface area contributed by atoms with Gasteiger partial charge in [-0.05, 0) is 23.6 Å². The number of hydrogen-bond acceptors (Lipinski definition) is 4. The molecule has 1 atom stereocenters. The first kappa shape index (κ1) is 11.5. The Morgan fingerprint density at radius 2 is 2.26 bits per heavy atom. The number of nitrogens with one attached hydrogen (secondary N) is 1. The van der Waals surface area contributed by atoms with Crippen LogP contribution in [0.4, 0.5) is 11.5 Å². The Kier molecular flexibility index (Phi) is 2.81. The van der Waals surface area contributed by atoms with E-state index < -0.39 is 0 Å². The van der Waals surface area contributed by atoms with Crippen LogP contribution in [0.5, 0.6) is 0 Å². The maximum absolute atomic E-state index is 8.76. The molecular weight excluding hydrogens is 236 g/mol. The molecule has 1 aliphatic carbocycles. The molecule has 0 amide bonds. The topological polar surface area (TPSA) is 74.7 Å². The van der Waals surface area contributed by atoms with Crippen molar-refractivity contribution in [1.29, 1.82) is 5.26 Å². The predicted molar refractivity (Wildman–Crippen MR) is 74.7 cm³/mol. The van der Waals surface area contributed by atoms with E-state index in [1.807, 2.05) is 6.07 Å². The highest BCUT2D eigenvalue weighted by Gasteiger charge is 2.25. The second kappa shape index (κ2) is 4.62. The monoisotopic (exact) mass is 250 g/mol. The van der Waals surface area contributed by atoms with Gasteiger partial charge < -0.3 is 11.1 Å². The number of rotatable bonds is 3. The van der Waals surface area contributed by atoms with Crippen LogP contribution in [-0.2, 0) is 6.42 Å². The molecule has 1 aromatic carbocycles. The van der Waals surface area contributed by atoms with Crippen molar-refractivity contribution in [2.75, 3.05) is 17.6 Å². The molecule has 4 nitrogen and oxygen atoms in total. The average Bonchev–Trinajstić information content (AvgIpc) is 2.41. The van der Waals surface area contributed by atoms with Crippen molar-refractivity contribution in [3.05, 3.63) is 53.2 Å². The van der Waals surface area contributed by atoms with Gasteiger partial charge in [0.15, 0.2) is 0 Å². The Balaban J connectivity index is 1.67. The highest BCUT2D eigenvalue weighted by Crippen LogP contribution is 2.34. The lowest BCUT2D eigenvalue weighted by molar-refractivity contribution is 0.635. The summed E-state index contributed by atoms with van der Waals surface area (Å²) in [5.74, 6) is 1.18. The van der Waals surface area contributed by atoms with E-state index in [2.05, 4.69) is 34.6 Å². The lowest BCUT2D eigenvalue weighted by Gasteiger charge is -2.30. The van der Waals surface area contributed by atoms with Gasteiger partial charge in [-0.3, -0.25) is 0 Å². The van der Waals surface area contributed by atoms with Crippen molar-refractivity contribution >= 4 is 11.5 Å². The number of fused-ring (bicyclic) bond motifs is 1. The van der Waals surface area contributed by atoms with Crippen LogP contribution in [0.25, 0.3) is 0 Å². The highest BCUT2D eigenvalue weighted by molar-refractivity contribution is 5.63. The molecule has 19 heavy (non-hydrogen) atoms. The van der Waals surface area contributed by atoms with E-state index >= 15 is 0 Å². The van der Waals surface area contributed by atoms with Crippen LogP contribution in [0.2, 0.25) is 0 Å². The second-order valence-corrected chi connectivity index (χ2v) is 4.75. The van der Waals surface area contributed by atoms with E-state index in [9.17, 15) is 0 Å². The number of hydrogen-bond donors (Lipinski definition) is 2. The second-order valence-electron chi connectivity index (χ2n) is 4.75. The first-order valence-electron chi connectivity index (χ1n) is 6.25. The summed E-state index contributed by atoms with van der Waals surface area (Å²) in [5, 5.41) is 12.0. The molecule has 4 heteroatoms. The lowest BCUT2D eigenvalue weighted by Crippen LogP contribution is -2.24. The Morgan fingerprint density at radius 3 is 3.00 bits per heavy atom. The molecule has 1 unspecified atom stereocenters. The summed E-state index contributed by atoms with van der Waals surface area (Å²) < 4.78 is 0. The summed E-state index contributed by atoms with van der Waals surface area (Å²) in [7, 11) is 0. The molecule has 1 aliphatic rings. The normalized spacial score (nSPS) is 16.1. The van der Waals surface area contributed by atoms with Crippen LogP contribution in [0.3, 0.4) is 0 Å². The Bertz CT molecular complexity index is 657. The minimum atomic E-state index is 0.483. The number of aromatic nitrogens is 1. The van der Waals surface area contributed by atoms with E-state index in [1.54, 1.807) is 6.07 Å². The van der Waals surface area contributed by atoms with Crippen LogP contribution in [0, 0.1) is 11.3 Å². The summed E-state index contributed by atoms with van der Waals surface area (Å²) in [4.78, 5) is 4.18. The number of nitrogens with two attached hydrogens (primary N) is 1. The van der Waals surface area contributed by atoms with E-state index in [1.165, 1.54) is 17.3 Å². The maximum atomic E-state index is 8.76. The number of nitrogens with zero attached hydrogens (tertiary/aromatic N) is 2. The van der Waals surface area contributed by atoms with Crippen molar-refractivity contribution in [3.8, 4) is 6.07 Å². The number of nitriles is 1. The molecule has 0 saturated heterocycles. The zero-order valence-corrected chi connectivity index (χ0v) is 10.4. The standard InChI is InChI=1S/C15H14N4/c16-7-10-5-14(17)15(18-8-10)19-9-12-6-11-3-1-2-4-13(11)12/h1-5,8,12H,6,9,17H2,(H,18,19). The first-order valence-corrected chi connectivity index (χ1v) is 6.25. The zero-order chi connectivity index (χ0) is 13.2. The van der Waals surface area contributed by atoms with Gasteiger partial charge in [0.25, 0.3) is 0 Å². The number of pyridine rings is 1. The van der Waals surface area contributed by atoms with Gasteiger partial charge in [0.05, 0.1) is 11.3 Å². The molecule has 0 fully saturated rings. The first-order chi connectivity index (χ1) is 9.28. The van der Waals surface area contributed by atoms with Gasteiger partial charge >= 0.3 is 0 Å². The highest BCUT2D eigenvalue weighted by atomic mass is 15.0. The molecule has 0 radical (unpaired) electrons. The fraction of sp³-hybridized carbons (Fsp3) is 0.200. The van der Waals surface area contributed by atoms with E-state index in [0.717, 1.165) is 13.0 Å². The van der Waals surface area contributed by atoms with Crippen LogP contribution in [-0.4, -0.2) is 11.5 Å². The minimum absolute atomic E-state index is 0.483. The number of anilines is 2. The quantitative estimate of drug-likeness (QED) is 0.876.